The van der Waals surface area contributed by atoms with Gasteiger partial charge in [-0.3, -0.25) is 5.41 Å². The van der Waals surface area contributed by atoms with Gasteiger partial charge in [0, 0.05) is 0 Å². The van der Waals surface area contributed by atoms with E-state index < -0.39 is 0 Å². The summed E-state index contributed by atoms with van der Waals surface area (Å²) in [7, 11) is 0. The summed E-state index contributed by atoms with van der Waals surface area (Å²) in [6, 6.07) is 5.04. The van der Waals surface area contributed by atoms with E-state index in [0.29, 0.717) is 5.56 Å². The van der Waals surface area contributed by atoms with Crippen molar-refractivity contribution in [3.05, 3.63) is 29.3 Å². The number of aromatic hydroxyl groups is 1. The molecule has 0 aliphatic heterocycles. The lowest BCUT2D eigenvalue weighted by atomic mass is 10.1. The van der Waals surface area contributed by atoms with Gasteiger partial charge in [-0.15, -0.1) is 0 Å². The van der Waals surface area contributed by atoms with Crippen molar-refractivity contribution in [2.45, 2.75) is 6.92 Å². The van der Waals surface area contributed by atoms with Gasteiger partial charge >= 0.3 is 0 Å². The molecule has 0 unspecified atom stereocenters. The quantitative estimate of drug-likeness (QED) is 0.412. The van der Waals surface area contributed by atoms with E-state index in [1.165, 1.54) is 6.07 Å². The summed E-state index contributed by atoms with van der Waals surface area (Å²) in [6.45, 7) is 1.80. The van der Waals surface area contributed by atoms with E-state index in [9.17, 15) is 5.11 Å². The Kier molecular flexibility index (Phi) is 1.81. The molecule has 3 heteroatoms. The van der Waals surface area contributed by atoms with Gasteiger partial charge in [-0.1, -0.05) is 12.1 Å². The molecule has 11 heavy (non-hydrogen) atoms. The highest BCUT2D eigenvalue weighted by Gasteiger charge is 2.05. The van der Waals surface area contributed by atoms with Crippen LogP contribution in [-0.4, -0.2) is 10.9 Å². The van der Waals surface area contributed by atoms with Crippen LogP contribution < -0.4 is 5.73 Å². The zero-order valence-corrected chi connectivity index (χ0v) is 6.26. The van der Waals surface area contributed by atoms with E-state index in [1.807, 2.05) is 0 Å². The van der Waals surface area contributed by atoms with E-state index in [0.717, 1.165) is 5.56 Å². The van der Waals surface area contributed by atoms with Crippen molar-refractivity contribution in [3.8, 4) is 5.75 Å². The highest BCUT2D eigenvalue weighted by atomic mass is 16.3. The summed E-state index contributed by atoms with van der Waals surface area (Å²) in [6.07, 6.45) is 0. The van der Waals surface area contributed by atoms with E-state index in [-0.39, 0.29) is 11.6 Å². The molecular weight excluding hydrogens is 140 g/mol. The van der Waals surface area contributed by atoms with Crippen LogP contribution in [0, 0.1) is 12.3 Å². The second-order valence-electron chi connectivity index (χ2n) is 2.38. The maximum Gasteiger partial charge on any atom is 0.126 e. The molecule has 0 atom stereocenters. The molecule has 1 rings (SSSR count). The fourth-order valence-corrected chi connectivity index (χ4v) is 1.00. The monoisotopic (exact) mass is 150 g/mol. The average molecular weight is 150 g/mol. The summed E-state index contributed by atoms with van der Waals surface area (Å²) in [5.74, 6) is -0.0295. The lowest BCUT2D eigenvalue weighted by Crippen LogP contribution is -2.12. The molecule has 1 aromatic rings. The first-order valence-electron chi connectivity index (χ1n) is 3.26. The molecule has 0 saturated carbocycles. The first kappa shape index (κ1) is 7.60. The predicted molar refractivity (Wildman–Crippen MR) is 43.9 cm³/mol. The lowest BCUT2D eigenvalue weighted by molar-refractivity contribution is 0.473. The maximum absolute atomic E-state index is 9.24. The van der Waals surface area contributed by atoms with Gasteiger partial charge < -0.3 is 10.8 Å². The van der Waals surface area contributed by atoms with Gasteiger partial charge in [-0.2, -0.15) is 0 Å². The Hall–Kier alpha value is -1.51. The Morgan fingerprint density at radius 2 is 2.18 bits per heavy atom. The zero-order chi connectivity index (χ0) is 8.43. The maximum atomic E-state index is 9.24. The summed E-state index contributed by atoms with van der Waals surface area (Å²) in [4.78, 5) is 0. The Balaban J connectivity index is 3.32. The summed E-state index contributed by atoms with van der Waals surface area (Å²) in [5.41, 5.74) is 6.48. The van der Waals surface area contributed by atoms with Gasteiger partial charge in [-0.05, 0) is 18.6 Å². The minimum atomic E-state index is -0.0967. The number of nitrogens with one attached hydrogen (secondary N) is 1. The molecule has 0 aliphatic carbocycles. The first-order chi connectivity index (χ1) is 5.13. The number of aryl methyl sites for hydroxylation is 1. The topological polar surface area (TPSA) is 70.1 Å². The van der Waals surface area contributed by atoms with Crippen LogP contribution in [0.3, 0.4) is 0 Å². The highest BCUT2D eigenvalue weighted by molar-refractivity contribution is 5.98. The van der Waals surface area contributed by atoms with Crippen molar-refractivity contribution in [2.24, 2.45) is 5.73 Å². The Morgan fingerprint density at radius 1 is 1.55 bits per heavy atom. The molecule has 0 aliphatic rings. The number of hydrogen-bond donors (Lipinski definition) is 3. The normalized spacial score (nSPS) is 9.55. The van der Waals surface area contributed by atoms with Crippen LogP contribution >= 0.6 is 0 Å². The van der Waals surface area contributed by atoms with Gasteiger partial charge in [0.05, 0.1) is 5.56 Å². The minimum absolute atomic E-state index is 0.0671. The smallest absolute Gasteiger partial charge is 0.126 e. The van der Waals surface area contributed by atoms with Crippen LogP contribution in [0.5, 0.6) is 5.75 Å². The molecule has 0 bridgehead atoms. The van der Waals surface area contributed by atoms with Crippen molar-refractivity contribution in [1.29, 1.82) is 5.41 Å². The zero-order valence-electron chi connectivity index (χ0n) is 6.26. The van der Waals surface area contributed by atoms with Crippen molar-refractivity contribution in [1.82, 2.24) is 0 Å². The third-order valence-corrected chi connectivity index (χ3v) is 1.52. The number of amidine groups is 1. The number of rotatable bonds is 1. The van der Waals surface area contributed by atoms with Gasteiger partial charge in [0.2, 0.25) is 0 Å². The standard InChI is InChI=1S/C8H10N2O/c1-5-3-2-4-6(11)7(5)8(9)10/h2-4,11H,1H3,(H3,9,10). The molecule has 0 spiro atoms. The van der Waals surface area contributed by atoms with Crippen LogP contribution in [0.25, 0.3) is 0 Å². The van der Waals surface area contributed by atoms with E-state index in [1.54, 1.807) is 19.1 Å². The van der Waals surface area contributed by atoms with Crippen LogP contribution in [0.2, 0.25) is 0 Å². The van der Waals surface area contributed by atoms with Gasteiger partial charge in [0.1, 0.15) is 11.6 Å². The Labute approximate surface area is 65.0 Å². The molecule has 0 heterocycles. The predicted octanol–water partition coefficient (Wildman–Crippen LogP) is 0.985. The van der Waals surface area contributed by atoms with E-state index in [4.69, 9.17) is 11.1 Å². The Morgan fingerprint density at radius 3 is 2.55 bits per heavy atom. The fourth-order valence-electron chi connectivity index (χ4n) is 1.00. The molecule has 0 aromatic heterocycles. The number of nitrogen functional groups attached to an aromatic ring is 1. The number of nitrogens with two attached hydrogens (primary N) is 1. The van der Waals surface area contributed by atoms with Crippen molar-refractivity contribution >= 4 is 5.84 Å². The molecule has 0 amide bonds. The van der Waals surface area contributed by atoms with Gasteiger partial charge in [0.15, 0.2) is 0 Å². The molecule has 1 aromatic carbocycles. The van der Waals surface area contributed by atoms with E-state index in [2.05, 4.69) is 0 Å². The third-order valence-electron chi connectivity index (χ3n) is 1.52. The van der Waals surface area contributed by atoms with Crippen LogP contribution in [0.15, 0.2) is 18.2 Å². The highest BCUT2D eigenvalue weighted by Crippen LogP contribution is 2.18. The molecular formula is C8H10N2O. The minimum Gasteiger partial charge on any atom is -0.507 e. The van der Waals surface area contributed by atoms with Gasteiger partial charge in [0.25, 0.3) is 0 Å². The van der Waals surface area contributed by atoms with Crippen LogP contribution in [0.1, 0.15) is 11.1 Å². The second-order valence-corrected chi connectivity index (χ2v) is 2.38. The molecule has 58 valence electrons. The third kappa shape index (κ3) is 1.32. The van der Waals surface area contributed by atoms with Gasteiger partial charge in [-0.25, -0.2) is 0 Å². The molecule has 0 radical (unpaired) electrons. The van der Waals surface area contributed by atoms with E-state index >= 15 is 0 Å². The number of benzene rings is 1. The number of phenolic OH excluding ortho intramolecular Hbond substituents is 1. The molecule has 0 saturated heterocycles. The second kappa shape index (κ2) is 2.62. The van der Waals surface area contributed by atoms with Crippen molar-refractivity contribution < 1.29 is 5.11 Å². The lowest BCUT2D eigenvalue weighted by Gasteiger charge is -2.04. The molecule has 3 nitrogen and oxygen atoms in total. The largest absolute Gasteiger partial charge is 0.507 e. The first-order valence-corrected chi connectivity index (χ1v) is 3.26. The number of hydrogen-bond acceptors (Lipinski definition) is 2. The number of phenols is 1. The Bertz CT molecular complexity index is 274. The van der Waals surface area contributed by atoms with Crippen LogP contribution in [0.4, 0.5) is 0 Å². The average Bonchev–Trinajstić information content (AvgIpc) is 1.85. The summed E-state index contributed by atoms with van der Waals surface area (Å²) < 4.78 is 0. The van der Waals surface area contributed by atoms with Crippen molar-refractivity contribution in [3.63, 3.8) is 0 Å². The van der Waals surface area contributed by atoms with Crippen molar-refractivity contribution in [2.75, 3.05) is 0 Å². The summed E-state index contributed by atoms with van der Waals surface area (Å²) in [5, 5.41) is 16.4. The summed E-state index contributed by atoms with van der Waals surface area (Å²) >= 11 is 0. The molecule has 0 fully saturated rings. The fraction of sp³-hybridized carbons (Fsp3) is 0.125. The molecule has 4 N–H and O–H groups in total. The van der Waals surface area contributed by atoms with Crippen LogP contribution in [-0.2, 0) is 0 Å². The SMILES string of the molecule is Cc1cccc(O)c1C(=N)N.